The summed E-state index contributed by atoms with van der Waals surface area (Å²) in [6.45, 7) is 0. The summed E-state index contributed by atoms with van der Waals surface area (Å²) in [7, 11) is 0. The van der Waals surface area contributed by atoms with Crippen LogP contribution < -0.4 is 0 Å². The molecule has 0 saturated carbocycles. The average Bonchev–Trinajstić information content (AvgIpc) is 2.45. The summed E-state index contributed by atoms with van der Waals surface area (Å²) >= 11 is 0. The fourth-order valence-corrected chi connectivity index (χ4v) is 1.41. The van der Waals surface area contributed by atoms with Crippen molar-refractivity contribution in [3.8, 4) is 0 Å². The van der Waals surface area contributed by atoms with Crippen LogP contribution in [0.5, 0.6) is 0 Å². The molecule has 18 heavy (non-hydrogen) atoms. The van der Waals surface area contributed by atoms with Crippen molar-refractivity contribution in [1.29, 1.82) is 0 Å². The van der Waals surface area contributed by atoms with E-state index < -0.39 is 0 Å². The van der Waals surface area contributed by atoms with Crippen molar-refractivity contribution in [3.05, 3.63) is 84.5 Å². The summed E-state index contributed by atoms with van der Waals surface area (Å²) in [5.74, 6) is 0. The third-order valence-electron chi connectivity index (χ3n) is 2.32. The van der Waals surface area contributed by atoms with Gasteiger partial charge >= 0.3 is 0 Å². The van der Waals surface area contributed by atoms with Crippen LogP contribution in [-0.4, -0.2) is 9.97 Å². The van der Waals surface area contributed by atoms with Crippen LogP contribution in [0.2, 0.25) is 0 Å². The van der Waals surface area contributed by atoms with E-state index in [9.17, 15) is 0 Å². The third-order valence-corrected chi connectivity index (χ3v) is 2.32. The molecule has 2 aromatic heterocycles. The molecule has 0 atom stereocenters. The van der Waals surface area contributed by atoms with Crippen molar-refractivity contribution in [3.63, 3.8) is 0 Å². The van der Waals surface area contributed by atoms with E-state index in [0.717, 1.165) is 11.1 Å². The molecular formula is C16H14N2. The first-order valence-electron chi connectivity index (χ1n) is 5.76. The van der Waals surface area contributed by atoms with Crippen molar-refractivity contribution in [2.45, 2.75) is 0 Å². The molecule has 2 heterocycles. The van der Waals surface area contributed by atoms with Gasteiger partial charge in [0.05, 0.1) is 0 Å². The Morgan fingerprint density at radius 1 is 0.556 bits per heavy atom. The predicted molar refractivity (Wildman–Crippen MR) is 75.7 cm³/mol. The lowest BCUT2D eigenvalue weighted by molar-refractivity contribution is 1.32. The molecule has 88 valence electrons. The Labute approximate surface area is 107 Å². The number of hydrogen-bond donors (Lipinski definition) is 0. The van der Waals surface area contributed by atoms with E-state index in [1.165, 1.54) is 0 Å². The van der Waals surface area contributed by atoms with Crippen LogP contribution in [0.1, 0.15) is 11.1 Å². The molecule has 0 N–H and O–H groups in total. The van der Waals surface area contributed by atoms with Crippen molar-refractivity contribution in [2.24, 2.45) is 0 Å². The molecule has 0 spiro atoms. The van der Waals surface area contributed by atoms with E-state index >= 15 is 0 Å². The summed E-state index contributed by atoms with van der Waals surface area (Å²) < 4.78 is 0. The standard InChI is InChI=1S/C16H14N2/c1(3-5-15-7-11-17-12-8-15)2-4-6-16-9-13-18-14-10-16/h1-14H/b2-1+,5-3+,6-4+. The van der Waals surface area contributed by atoms with Gasteiger partial charge in [-0.05, 0) is 35.4 Å². The highest BCUT2D eigenvalue weighted by atomic mass is 14.6. The molecule has 0 radical (unpaired) electrons. The smallest absolute Gasteiger partial charge is 0.0273 e. The van der Waals surface area contributed by atoms with Crippen LogP contribution in [0.25, 0.3) is 12.2 Å². The number of pyridine rings is 2. The summed E-state index contributed by atoms with van der Waals surface area (Å²) in [5.41, 5.74) is 2.29. The van der Waals surface area contributed by atoms with Gasteiger partial charge in [-0.1, -0.05) is 36.5 Å². The fraction of sp³-hybridized carbons (Fsp3) is 0. The molecule has 0 amide bonds. The molecule has 0 fully saturated rings. The van der Waals surface area contributed by atoms with Crippen LogP contribution >= 0.6 is 0 Å². The van der Waals surface area contributed by atoms with E-state index in [1.54, 1.807) is 24.8 Å². The Balaban J connectivity index is 1.86. The summed E-state index contributed by atoms with van der Waals surface area (Å²) in [6, 6.07) is 7.88. The minimum atomic E-state index is 1.15. The normalized spacial score (nSPS) is 11.8. The maximum Gasteiger partial charge on any atom is 0.0273 e. The van der Waals surface area contributed by atoms with Gasteiger partial charge in [0.25, 0.3) is 0 Å². The van der Waals surface area contributed by atoms with Crippen molar-refractivity contribution >= 4 is 12.2 Å². The van der Waals surface area contributed by atoms with E-state index in [0.29, 0.717) is 0 Å². The minimum Gasteiger partial charge on any atom is -0.265 e. The highest BCUT2D eigenvalue weighted by molar-refractivity contribution is 5.52. The lowest BCUT2D eigenvalue weighted by Crippen LogP contribution is -1.71. The fourth-order valence-electron chi connectivity index (χ4n) is 1.41. The molecule has 0 saturated heterocycles. The SMILES string of the molecule is C(=C\C=C\c1ccncc1)/C=C/c1ccncc1. The van der Waals surface area contributed by atoms with E-state index in [-0.39, 0.29) is 0 Å². The number of allylic oxidation sites excluding steroid dienone is 4. The summed E-state index contributed by atoms with van der Waals surface area (Å²) in [4.78, 5) is 7.94. The molecule has 2 heteroatoms. The topological polar surface area (TPSA) is 25.8 Å². The lowest BCUT2D eigenvalue weighted by Gasteiger charge is -1.88. The molecule has 2 rings (SSSR count). The van der Waals surface area contributed by atoms with Gasteiger partial charge in [0.15, 0.2) is 0 Å². The summed E-state index contributed by atoms with van der Waals surface area (Å²) in [6.07, 6.45) is 19.2. The molecule has 0 aromatic carbocycles. The monoisotopic (exact) mass is 234 g/mol. The quantitative estimate of drug-likeness (QED) is 0.753. The van der Waals surface area contributed by atoms with Crippen LogP contribution in [0.15, 0.2) is 73.4 Å². The molecule has 0 unspecified atom stereocenters. The second-order valence-electron chi connectivity index (χ2n) is 3.66. The molecule has 2 aromatic rings. The van der Waals surface area contributed by atoms with Crippen molar-refractivity contribution < 1.29 is 0 Å². The Hall–Kier alpha value is -2.48. The molecular weight excluding hydrogens is 220 g/mol. The zero-order valence-corrected chi connectivity index (χ0v) is 9.98. The second kappa shape index (κ2) is 6.97. The lowest BCUT2D eigenvalue weighted by atomic mass is 10.2. The second-order valence-corrected chi connectivity index (χ2v) is 3.66. The Bertz CT molecular complexity index is 488. The van der Waals surface area contributed by atoms with Gasteiger partial charge in [-0.25, -0.2) is 0 Å². The van der Waals surface area contributed by atoms with Gasteiger partial charge in [0.1, 0.15) is 0 Å². The van der Waals surface area contributed by atoms with E-state index in [4.69, 9.17) is 0 Å². The van der Waals surface area contributed by atoms with Crippen LogP contribution in [0, 0.1) is 0 Å². The molecule has 0 bridgehead atoms. The Morgan fingerprint density at radius 2 is 0.944 bits per heavy atom. The predicted octanol–water partition coefficient (Wildman–Crippen LogP) is 3.76. The van der Waals surface area contributed by atoms with Crippen molar-refractivity contribution in [2.75, 3.05) is 0 Å². The minimum absolute atomic E-state index is 1.15. The maximum atomic E-state index is 3.97. The van der Waals surface area contributed by atoms with E-state index in [1.807, 2.05) is 60.7 Å². The Kier molecular flexibility index (Phi) is 4.64. The molecule has 2 nitrogen and oxygen atoms in total. The number of hydrogen-bond acceptors (Lipinski definition) is 2. The van der Waals surface area contributed by atoms with E-state index in [2.05, 4.69) is 9.97 Å². The molecule has 0 aliphatic carbocycles. The number of aromatic nitrogens is 2. The highest BCUT2D eigenvalue weighted by Crippen LogP contribution is 2.00. The van der Waals surface area contributed by atoms with Gasteiger partial charge in [0, 0.05) is 24.8 Å². The van der Waals surface area contributed by atoms with Crippen LogP contribution in [0.3, 0.4) is 0 Å². The largest absolute Gasteiger partial charge is 0.265 e. The van der Waals surface area contributed by atoms with Crippen LogP contribution in [-0.2, 0) is 0 Å². The highest BCUT2D eigenvalue weighted by Gasteiger charge is 1.81. The van der Waals surface area contributed by atoms with Gasteiger partial charge in [-0.15, -0.1) is 0 Å². The summed E-state index contributed by atoms with van der Waals surface area (Å²) in [5, 5.41) is 0. The average molecular weight is 234 g/mol. The van der Waals surface area contributed by atoms with Gasteiger partial charge < -0.3 is 0 Å². The maximum absolute atomic E-state index is 3.97. The van der Waals surface area contributed by atoms with Gasteiger partial charge in [0.2, 0.25) is 0 Å². The first kappa shape index (κ1) is 12.0. The Morgan fingerprint density at radius 3 is 1.33 bits per heavy atom. The molecule has 0 aliphatic rings. The van der Waals surface area contributed by atoms with Crippen molar-refractivity contribution in [1.82, 2.24) is 9.97 Å². The molecule has 0 aliphatic heterocycles. The number of rotatable bonds is 4. The van der Waals surface area contributed by atoms with Gasteiger partial charge in [-0.3, -0.25) is 9.97 Å². The zero-order chi connectivity index (χ0) is 12.5. The first-order chi connectivity index (χ1) is 8.95. The zero-order valence-electron chi connectivity index (χ0n) is 9.98. The number of nitrogens with zero attached hydrogens (tertiary/aromatic N) is 2. The third kappa shape index (κ3) is 4.18. The first-order valence-corrected chi connectivity index (χ1v) is 5.76. The van der Waals surface area contributed by atoms with Crippen LogP contribution in [0.4, 0.5) is 0 Å². The van der Waals surface area contributed by atoms with Gasteiger partial charge in [-0.2, -0.15) is 0 Å².